The molecule has 5 nitrogen and oxygen atoms in total. The maximum absolute atomic E-state index is 12.2. The van der Waals surface area contributed by atoms with E-state index in [-0.39, 0.29) is 5.78 Å². The van der Waals surface area contributed by atoms with E-state index in [0.717, 1.165) is 0 Å². The molecule has 0 amide bonds. The lowest BCUT2D eigenvalue weighted by Gasteiger charge is -2.05. The van der Waals surface area contributed by atoms with Crippen LogP contribution in [-0.2, 0) is 0 Å². The van der Waals surface area contributed by atoms with Gasteiger partial charge in [0, 0.05) is 11.1 Å². The van der Waals surface area contributed by atoms with Crippen molar-refractivity contribution in [2.45, 2.75) is 0 Å². The molecule has 0 aliphatic heterocycles. The molecule has 2 rings (SSSR count). The van der Waals surface area contributed by atoms with E-state index in [9.17, 15) is 4.79 Å². The zero-order valence-electron chi connectivity index (χ0n) is 10.4. The van der Waals surface area contributed by atoms with Crippen molar-refractivity contribution in [3.8, 4) is 5.75 Å². The van der Waals surface area contributed by atoms with Gasteiger partial charge in [-0.05, 0) is 29.7 Å². The van der Waals surface area contributed by atoms with Gasteiger partial charge in [0.05, 0.1) is 0 Å². The number of carbonyl (C=O) groups is 1. The Morgan fingerprint density at radius 3 is 1.90 bits per heavy atom. The second kappa shape index (κ2) is 6.38. The molecule has 0 aromatic heterocycles. The van der Waals surface area contributed by atoms with Crippen molar-refractivity contribution in [1.82, 2.24) is 0 Å². The van der Waals surface area contributed by atoms with E-state index in [1.807, 2.05) is 0 Å². The molecule has 0 saturated heterocycles. The Morgan fingerprint density at radius 2 is 1.45 bits per heavy atom. The van der Waals surface area contributed by atoms with Crippen molar-refractivity contribution in [1.29, 1.82) is 0 Å². The second-order valence-electron chi connectivity index (χ2n) is 4.07. The largest absolute Gasteiger partial charge is 0.569 e. The molecular formula is C13H11B2O5. The summed E-state index contributed by atoms with van der Waals surface area (Å²) in [5.74, 6) is 0.228. The van der Waals surface area contributed by atoms with Crippen LogP contribution in [0.2, 0.25) is 0 Å². The summed E-state index contributed by atoms with van der Waals surface area (Å²) in [7, 11) is -0.985. The van der Waals surface area contributed by atoms with Gasteiger partial charge in [0.2, 0.25) is 0 Å². The quantitative estimate of drug-likeness (QED) is 0.503. The molecule has 1 radical (unpaired) electrons. The topological polar surface area (TPSA) is 87.0 Å². The third kappa shape index (κ3) is 3.27. The standard InChI is InChI=1S/C13H11B2O5/c16-13(9-1-5-11(6-2-9)15(18)19)10-3-7-12(8-4-10)20-14-17/h1-8,17-19H. The number of benzene rings is 2. The number of carbonyl (C=O) groups excluding carboxylic acids is 1. The Kier molecular flexibility index (Phi) is 4.57. The van der Waals surface area contributed by atoms with E-state index >= 15 is 0 Å². The van der Waals surface area contributed by atoms with E-state index in [1.165, 1.54) is 24.3 Å². The van der Waals surface area contributed by atoms with Crippen LogP contribution in [0.5, 0.6) is 5.75 Å². The van der Waals surface area contributed by atoms with Crippen LogP contribution in [0.3, 0.4) is 0 Å². The summed E-state index contributed by atoms with van der Waals surface area (Å²) >= 11 is 0. The summed E-state index contributed by atoms with van der Waals surface area (Å²) < 4.78 is 4.75. The minimum Gasteiger partial charge on any atom is -0.537 e. The van der Waals surface area contributed by atoms with Crippen LogP contribution in [0, 0.1) is 0 Å². The normalized spacial score (nSPS) is 9.95. The molecule has 2 aromatic rings. The molecule has 20 heavy (non-hydrogen) atoms. The summed E-state index contributed by atoms with van der Waals surface area (Å²) in [5.41, 5.74) is 1.23. The van der Waals surface area contributed by atoms with Crippen molar-refractivity contribution in [2.24, 2.45) is 0 Å². The molecule has 2 aromatic carbocycles. The molecular weight excluding hydrogens is 258 g/mol. The van der Waals surface area contributed by atoms with Crippen LogP contribution in [0.1, 0.15) is 15.9 Å². The molecule has 0 saturated carbocycles. The first-order valence-electron chi connectivity index (χ1n) is 5.85. The first-order valence-corrected chi connectivity index (χ1v) is 5.85. The molecule has 0 fully saturated rings. The summed E-state index contributed by atoms with van der Waals surface area (Å²) in [5, 5.41) is 26.5. The third-order valence-corrected chi connectivity index (χ3v) is 2.78. The van der Waals surface area contributed by atoms with Crippen LogP contribution < -0.4 is 10.1 Å². The second-order valence-corrected chi connectivity index (χ2v) is 4.07. The molecule has 0 atom stereocenters. The van der Waals surface area contributed by atoms with Crippen molar-refractivity contribution >= 4 is 26.0 Å². The zero-order valence-corrected chi connectivity index (χ0v) is 10.4. The maximum Gasteiger partial charge on any atom is 0.569 e. The lowest BCUT2D eigenvalue weighted by atomic mass is 9.80. The van der Waals surface area contributed by atoms with Gasteiger partial charge in [0.1, 0.15) is 5.75 Å². The van der Waals surface area contributed by atoms with Gasteiger partial charge in [-0.25, -0.2) is 0 Å². The Hall–Kier alpha value is -2.08. The molecule has 0 bridgehead atoms. The molecule has 99 valence electrons. The Morgan fingerprint density at radius 1 is 0.950 bits per heavy atom. The van der Waals surface area contributed by atoms with Crippen molar-refractivity contribution in [3.63, 3.8) is 0 Å². The van der Waals surface area contributed by atoms with Gasteiger partial charge in [0.15, 0.2) is 5.78 Å². The smallest absolute Gasteiger partial charge is 0.537 e. The maximum atomic E-state index is 12.2. The van der Waals surface area contributed by atoms with Gasteiger partial charge in [-0.1, -0.05) is 24.3 Å². The molecule has 3 N–H and O–H groups in total. The summed E-state index contributed by atoms with van der Waals surface area (Å²) in [6.45, 7) is 0. The lowest BCUT2D eigenvalue weighted by Crippen LogP contribution is -2.29. The van der Waals surface area contributed by atoms with Gasteiger partial charge in [-0.15, -0.1) is 0 Å². The molecule has 0 aliphatic carbocycles. The molecule has 0 aliphatic rings. The van der Waals surface area contributed by atoms with Crippen molar-refractivity contribution < 1.29 is 24.5 Å². The van der Waals surface area contributed by atoms with Gasteiger partial charge in [-0.2, -0.15) is 0 Å². The monoisotopic (exact) mass is 269 g/mol. The highest BCUT2D eigenvalue weighted by Crippen LogP contribution is 2.14. The van der Waals surface area contributed by atoms with Crippen molar-refractivity contribution in [3.05, 3.63) is 59.7 Å². The van der Waals surface area contributed by atoms with E-state index in [2.05, 4.69) is 0 Å². The number of hydrogen-bond acceptors (Lipinski definition) is 5. The van der Waals surface area contributed by atoms with Gasteiger partial charge >= 0.3 is 14.8 Å². The number of rotatable bonds is 5. The Bertz CT molecular complexity index is 581. The van der Waals surface area contributed by atoms with E-state index in [0.29, 0.717) is 30.0 Å². The van der Waals surface area contributed by atoms with E-state index in [1.54, 1.807) is 24.3 Å². The highest BCUT2D eigenvalue weighted by atomic mass is 16.5. The van der Waals surface area contributed by atoms with E-state index in [4.69, 9.17) is 19.7 Å². The average molecular weight is 269 g/mol. The van der Waals surface area contributed by atoms with Gasteiger partial charge in [0.25, 0.3) is 0 Å². The fourth-order valence-corrected chi connectivity index (χ4v) is 1.72. The Balaban J connectivity index is 2.17. The molecule has 0 heterocycles. The van der Waals surface area contributed by atoms with Gasteiger partial charge in [-0.3, -0.25) is 4.79 Å². The predicted molar refractivity (Wildman–Crippen MR) is 74.7 cm³/mol. The lowest BCUT2D eigenvalue weighted by molar-refractivity contribution is 0.103. The van der Waals surface area contributed by atoms with Crippen LogP contribution in [0.25, 0.3) is 0 Å². The van der Waals surface area contributed by atoms with Crippen LogP contribution >= 0.6 is 0 Å². The molecule has 0 unspecified atom stereocenters. The van der Waals surface area contributed by atoms with Crippen molar-refractivity contribution in [2.75, 3.05) is 0 Å². The third-order valence-electron chi connectivity index (χ3n) is 2.78. The van der Waals surface area contributed by atoms with Gasteiger partial charge < -0.3 is 19.7 Å². The minimum absolute atomic E-state index is 0.191. The first-order chi connectivity index (χ1) is 9.61. The fourth-order valence-electron chi connectivity index (χ4n) is 1.72. The van der Waals surface area contributed by atoms with Crippen LogP contribution in [0.15, 0.2) is 48.5 Å². The summed E-state index contributed by atoms with van der Waals surface area (Å²) in [6, 6.07) is 12.3. The van der Waals surface area contributed by atoms with E-state index < -0.39 is 7.12 Å². The highest BCUT2D eigenvalue weighted by molar-refractivity contribution is 6.58. The predicted octanol–water partition coefficient (Wildman–Crippen LogP) is -0.497. The minimum atomic E-state index is -1.55. The average Bonchev–Trinajstić information content (AvgIpc) is 2.48. The number of ketones is 1. The molecule has 7 heteroatoms. The fraction of sp³-hybridized carbons (Fsp3) is 0. The van der Waals surface area contributed by atoms with Crippen LogP contribution in [-0.4, -0.2) is 35.7 Å². The summed E-state index contributed by atoms with van der Waals surface area (Å²) in [6.07, 6.45) is 0. The van der Waals surface area contributed by atoms with Crippen LogP contribution in [0.4, 0.5) is 0 Å². The number of hydrogen-bond donors (Lipinski definition) is 3. The Labute approximate surface area is 116 Å². The first kappa shape index (κ1) is 14.3. The zero-order chi connectivity index (χ0) is 14.5. The SMILES string of the molecule is O=C(c1ccc(O[B]O)cc1)c1ccc(B(O)O)cc1. The summed E-state index contributed by atoms with van der Waals surface area (Å²) in [4.78, 5) is 12.2. The highest BCUT2D eigenvalue weighted by Gasteiger charge is 2.13. The molecule has 0 spiro atoms.